The largest absolute Gasteiger partial charge is 0.394 e. The van der Waals surface area contributed by atoms with Gasteiger partial charge in [0.15, 0.2) is 17.3 Å². The summed E-state index contributed by atoms with van der Waals surface area (Å²) in [5.74, 6) is 0.0763. The van der Waals surface area contributed by atoms with Gasteiger partial charge < -0.3 is 15.4 Å². The zero-order chi connectivity index (χ0) is 22.9. The van der Waals surface area contributed by atoms with Crippen LogP contribution in [0, 0.1) is 5.82 Å². The minimum absolute atomic E-state index is 0.156. The highest BCUT2D eigenvalue weighted by atomic mass is 35.5. The lowest BCUT2D eigenvalue weighted by atomic mass is 10.2. The summed E-state index contributed by atoms with van der Waals surface area (Å²) >= 11 is 6.28. The normalized spacial score (nSPS) is 12.2. The Morgan fingerprint density at radius 3 is 2.76 bits per heavy atom. The number of aliphatic hydroxyl groups excluding tert-OH is 1. The maximum atomic E-state index is 13.4. The van der Waals surface area contributed by atoms with Crippen molar-refractivity contribution < 1.29 is 9.50 Å². The molecule has 0 aliphatic carbocycles. The van der Waals surface area contributed by atoms with E-state index in [0.29, 0.717) is 28.2 Å². The molecule has 10 nitrogen and oxygen atoms in total. The molecular weight excluding hydrogens is 451 g/mol. The van der Waals surface area contributed by atoms with Crippen LogP contribution in [-0.2, 0) is 0 Å². The summed E-state index contributed by atoms with van der Waals surface area (Å²) in [5.41, 5.74) is 4.19. The van der Waals surface area contributed by atoms with Crippen LogP contribution in [0.3, 0.4) is 0 Å². The van der Waals surface area contributed by atoms with Gasteiger partial charge in [0.2, 0.25) is 0 Å². The number of aromatic amines is 1. The Hall–Kier alpha value is -4.09. The Morgan fingerprint density at radius 2 is 1.97 bits per heavy atom. The number of benzene rings is 2. The molecule has 0 saturated heterocycles. The highest BCUT2D eigenvalue weighted by Crippen LogP contribution is 2.24. The number of halogens is 2. The Kier molecular flexibility index (Phi) is 5.32. The van der Waals surface area contributed by atoms with Gasteiger partial charge in [-0.05, 0) is 36.4 Å². The van der Waals surface area contributed by atoms with E-state index in [1.807, 2.05) is 0 Å². The maximum absolute atomic E-state index is 13.4. The van der Waals surface area contributed by atoms with Gasteiger partial charge in [0.1, 0.15) is 23.7 Å². The van der Waals surface area contributed by atoms with Crippen molar-refractivity contribution in [2.24, 2.45) is 0 Å². The van der Waals surface area contributed by atoms with Crippen LogP contribution in [0.2, 0.25) is 5.02 Å². The standard InChI is InChI=1S/C21H16ClFN8O2/c22-13-2-1-3-14-16(13)21(33)31(30-12-6-4-11(23)5-7-12)20(29-14)15(8-32)28-19-17-18(25-9-24-17)26-10-27-19/h1-7,9-10,15,30,32H,8H2,(H2,24,25,26,27,28)/t15-/m0/s1. The number of hydrogen-bond donors (Lipinski definition) is 4. The van der Waals surface area contributed by atoms with Crippen LogP contribution in [0.1, 0.15) is 11.9 Å². The molecule has 33 heavy (non-hydrogen) atoms. The Bertz CT molecular complexity index is 1520. The first-order valence-electron chi connectivity index (χ1n) is 9.80. The number of imidazole rings is 1. The maximum Gasteiger partial charge on any atom is 0.281 e. The minimum Gasteiger partial charge on any atom is -0.394 e. The fourth-order valence-electron chi connectivity index (χ4n) is 3.43. The van der Waals surface area contributed by atoms with E-state index < -0.39 is 24.0 Å². The summed E-state index contributed by atoms with van der Waals surface area (Å²) < 4.78 is 14.5. The van der Waals surface area contributed by atoms with E-state index in [4.69, 9.17) is 11.6 Å². The van der Waals surface area contributed by atoms with Crippen molar-refractivity contribution in [2.75, 3.05) is 17.3 Å². The quantitative estimate of drug-likeness (QED) is 0.300. The van der Waals surface area contributed by atoms with Crippen LogP contribution in [0.5, 0.6) is 0 Å². The van der Waals surface area contributed by atoms with Crippen molar-refractivity contribution in [2.45, 2.75) is 6.04 Å². The molecule has 5 rings (SSSR count). The van der Waals surface area contributed by atoms with Gasteiger partial charge in [0, 0.05) is 0 Å². The number of hydrogen-bond acceptors (Lipinski definition) is 8. The number of nitrogens with one attached hydrogen (secondary N) is 3. The zero-order valence-corrected chi connectivity index (χ0v) is 17.6. The van der Waals surface area contributed by atoms with Gasteiger partial charge in [-0.2, -0.15) is 0 Å². The number of aliphatic hydroxyl groups is 1. The van der Waals surface area contributed by atoms with E-state index in [0.717, 1.165) is 4.68 Å². The summed E-state index contributed by atoms with van der Waals surface area (Å²) in [4.78, 5) is 33.4. The Labute approximate surface area is 190 Å². The minimum atomic E-state index is -0.871. The Balaban J connectivity index is 1.66. The summed E-state index contributed by atoms with van der Waals surface area (Å²) in [6.07, 6.45) is 2.81. The van der Waals surface area contributed by atoms with Crippen molar-refractivity contribution >= 4 is 45.2 Å². The van der Waals surface area contributed by atoms with E-state index in [1.165, 1.54) is 36.9 Å². The van der Waals surface area contributed by atoms with Gasteiger partial charge in [-0.1, -0.05) is 17.7 Å². The summed E-state index contributed by atoms with van der Waals surface area (Å²) in [6.45, 7) is -0.431. The van der Waals surface area contributed by atoms with Gasteiger partial charge in [-0.25, -0.2) is 29.0 Å². The van der Waals surface area contributed by atoms with Crippen LogP contribution in [0.4, 0.5) is 15.9 Å². The first-order valence-corrected chi connectivity index (χ1v) is 10.2. The topological polar surface area (TPSA) is 134 Å². The molecule has 0 radical (unpaired) electrons. The zero-order valence-electron chi connectivity index (χ0n) is 16.8. The van der Waals surface area contributed by atoms with Crippen molar-refractivity contribution in [3.8, 4) is 0 Å². The molecule has 0 amide bonds. The van der Waals surface area contributed by atoms with Crippen LogP contribution in [0.25, 0.3) is 22.1 Å². The van der Waals surface area contributed by atoms with E-state index in [-0.39, 0.29) is 16.2 Å². The van der Waals surface area contributed by atoms with E-state index in [9.17, 15) is 14.3 Å². The monoisotopic (exact) mass is 466 g/mol. The average Bonchev–Trinajstić information content (AvgIpc) is 3.30. The third-order valence-electron chi connectivity index (χ3n) is 4.98. The number of aromatic nitrogens is 6. The molecule has 5 aromatic rings. The summed E-state index contributed by atoms with van der Waals surface area (Å²) in [5, 5.41) is 13.7. The number of H-pyrrole nitrogens is 1. The molecule has 0 unspecified atom stereocenters. The van der Waals surface area contributed by atoms with Gasteiger partial charge in [-0.15, -0.1) is 0 Å². The molecule has 0 bridgehead atoms. The van der Waals surface area contributed by atoms with Crippen molar-refractivity contribution in [1.82, 2.24) is 29.6 Å². The fraction of sp³-hybridized carbons (Fsp3) is 0.0952. The first kappa shape index (κ1) is 20.8. The van der Waals surface area contributed by atoms with Gasteiger partial charge in [0.25, 0.3) is 5.56 Å². The molecule has 12 heteroatoms. The average molecular weight is 467 g/mol. The second kappa shape index (κ2) is 8.45. The SMILES string of the molecule is O=c1c2c(Cl)cccc2nc([C@H](CO)Nc2ncnc3[nH]cnc23)n1Nc1ccc(F)cc1. The highest BCUT2D eigenvalue weighted by Gasteiger charge is 2.23. The predicted molar refractivity (Wildman–Crippen MR) is 122 cm³/mol. The lowest BCUT2D eigenvalue weighted by Crippen LogP contribution is -2.35. The lowest BCUT2D eigenvalue weighted by Gasteiger charge is -2.22. The molecular formula is C21H16ClFN8O2. The van der Waals surface area contributed by atoms with Gasteiger partial charge >= 0.3 is 0 Å². The number of rotatable bonds is 6. The number of nitrogens with zero attached hydrogens (tertiary/aromatic N) is 5. The Morgan fingerprint density at radius 1 is 1.15 bits per heavy atom. The molecule has 4 N–H and O–H groups in total. The van der Waals surface area contributed by atoms with E-state index >= 15 is 0 Å². The van der Waals surface area contributed by atoms with Gasteiger partial charge in [-0.3, -0.25) is 10.2 Å². The summed E-state index contributed by atoms with van der Waals surface area (Å²) in [7, 11) is 0. The van der Waals surface area contributed by atoms with E-state index in [2.05, 4.69) is 35.7 Å². The van der Waals surface area contributed by atoms with Crippen molar-refractivity contribution in [3.63, 3.8) is 0 Å². The van der Waals surface area contributed by atoms with Crippen LogP contribution in [0.15, 0.2) is 59.9 Å². The van der Waals surface area contributed by atoms with Crippen molar-refractivity contribution in [3.05, 3.63) is 82.1 Å². The molecule has 3 heterocycles. The van der Waals surface area contributed by atoms with E-state index in [1.54, 1.807) is 18.2 Å². The molecule has 0 aliphatic heterocycles. The molecule has 3 aromatic heterocycles. The summed E-state index contributed by atoms with van der Waals surface area (Å²) in [6, 6.07) is 9.51. The first-order chi connectivity index (χ1) is 16.0. The molecule has 0 fully saturated rings. The molecule has 1 atom stereocenters. The van der Waals surface area contributed by atoms with Crippen LogP contribution < -0.4 is 16.3 Å². The second-order valence-electron chi connectivity index (χ2n) is 7.06. The van der Waals surface area contributed by atoms with Crippen LogP contribution >= 0.6 is 11.6 Å². The third-order valence-corrected chi connectivity index (χ3v) is 5.30. The molecule has 2 aromatic carbocycles. The smallest absolute Gasteiger partial charge is 0.281 e. The second-order valence-corrected chi connectivity index (χ2v) is 7.47. The highest BCUT2D eigenvalue weighted by molar-refractivity contribution is 6.35. The number of anilines is 2. The lowest BCUT2D eigenvalue weighted by molar-refractivity contribution is 0.270. The molecule has 166 valence electrons. The van der Waals surface area contributed by atoms with Crippen molar-refractivity contribution in [1.29, 1.82) is 0 Å². The van der Waals surface area contributed by atoms with Crippen LogP contribution in [-0.4, -0.2) is 41.3 Å². The molecule has 0 spiro atoms. The fourth-order valence-corrected chi connectivity index (χ4v) is 3.68. The number of fused-ring (bicyclic) bond motifs is 2. The third kappa shape index (κ3) is 3.83. The predicted octanol–water partition coefficient (Wildman–Crippen LogP) is 2.88. The molecule has 0 saturated carbocycles. The molecule has 0 aliphatic rings. The van der Waals surface area contributed by atoms with Gasteiger partial charge in [0.05, 0.1) is 34.5 Å².